The van der Waals surface area contributed by atoms with Gasteiger partial charge in [0.15, 0.2) is 0 Å². The van der Waals surface area contributed by atoms with Crippen molar-refractivity contribution in [1.82, 2.24) is 15.1 Å². The number of aliphatic hydroxyl groups is 1. The summed E-state index contributed by atoms with van der Waals surface area (Å²) in [7, 11) is 0. The van der Waals surface area contributed by atoms with Gasteiger partial charge in [-0.1, -0.05) is 0 Å². The molecule has 90 valence electrons. The van der Waals surface area contributed by atoms with E-state index < -0.39 is 0 Å². The Hall–Kier alpha value is -1.36. The van der Waals surface area contributed by atoms with Crippen molar-refractivity contribution >= 4 is 5.91 Å². The zero-order chi connectivity index (χ0) is 12.1. The Balaban J connectivity index is 2.79. The molecule has 1 amide bonds. The van der Waals surface area contributed by atoms with Crippen LogP contribution in [0.1, 0.15) is 36.3 Å². The van der Waals surface area contributed by atoms with E-state index in [1.807, 2.05) is 20.8 Å². The number of aromatic amines is 1. The maximum atomic E-state index is 12.2. The number of aryl methyl sites for hydroxylation is 1. The van der Waals surface area contributed by atoms with Gasteiger partial charge < -0.3 is 10.0 Å². The first-order valence-corrected chi connectivity index (χ1v) is 5.49. The average Bonchev–Trinajstić information content (AvgIpc) is 2.64. The van der Waals surface area contributed by atoms with Gasteiger partial charge in [0.1, 0.15) is 0 Å². The largest absolute Gasteiger partial charge is 0.396 e. The Morgan fingerprint density at radius 2 is 2.31 bits per heavy atom. The molecule has 0 aliphatic heterocycles. The van der Waals surface area contributed by atoms with Crippen LogP contribution in [0.5, 0.6) is 0 Å². The first-order valence-electron chi connectivity index (χ1n) is 5.49. The Morgan fingerprint density at radius 1 is 1.62 bits per heavy atom. The van der Waals surface area contributed by atoms with Crippen LogP contribution in [0.15, 0.2) is 6.20 Å². The van der Waals surface area contributed by atoms with Gasteiger partial charge >= 0.3 is 0 Å². The first kappa shape index (κ1) is 12.7. The second-order valence-corrected chi connectivity index (χ2v) is 4.08. The van der Waals surface area contributed by atoms with E-state index in [4.69, 9.17) is 5.11 Å². The first-order chi connectivity index (χ1) is 7.57. The third-order valence-corrected chi connectivity index (χ3v) is 2.50. The number of aliphatic hydroxyl groups excluding tert-OH is 1. The summed E-state index contributed by atoms with van der Waals surface area (Å²) in [6.07, 6.45) is 2.15. The van der Waals surface area contributed by atoms with E-state index in [1.54, 1.807) is 11.1 Å². The Morgan fingerprint density at radius 3 is 2.75 bits per heavy atom. The van der Waals surface area contributed by atoms with Crippen molar-refractivity contribution in [2.24, 2.45) is 0 Å². The number of hydrogen-bond acceptors (Lipinski definition) is 3. The summed E-state index contributed by atoms with van der Waals surface area (Å²) >= 11 is 0. The van der Waals surface area contributed by atoms with E-state index in [1.165, 1.54) is 0 Å². The molecule has 0 radical (unpaired) electrons. The Labute approximate surface area is 95.5 Å². The van der Waals surface area contributed by atoms with Gasteiger partial charge in [-0.2, -0.15) is 5.10 Å². The molecule has 1 aromatic rings. The zero-order valence-electron chi connectivity index (χ0n) is 10.0. The number of hydrogen-bond donors (Lipinski definition) is 2. The third kappa shape index (κ3) is 2.82. The minimum Gasteiger partial charge on any atom is -0.396 e. The number of amides is 1. The lowest BCUT2D eigenvalue weighted by atomic mass is 10.2. The topological polar surface area (TPSA) is 69.2 Å². The molecule has 0 aliphatic carbocycles. The molecule has 0 spiro atoms. The van der Waals surface area contributed by atoms with Gasteiger partial charge in [0.25, 0.3) is 5.91 Å². The molecule has 0 fully saturated rings. The van der Waals surface area contributed by atoms with Gasteiger partial charge in [0.2, 0.25) is 0 Å². The summed E-state index contributed by atoms with van der Waals surface area (Å²) in [4.78, 5) is 13.9. The molecule has 0 aromatic carbocycles. The van der Waals surface area contributed by atoms with Gasteiger partial charge in [-0.05, 0) is 27.2 Å². The average molecular weight is 225 g/mol. The number of carbonyl (C=O) groups is 1. The molecule has 1 rings (SSSR count). The molecule has 0 saturated heterocycles. The van der Waals surface area contributed by atoms with Crippen LogP contribution in [0.4, 0.5) is 0 Å². The normalized spacial score (nSPS) is 10.8. The van der Waals surface area contributed by atoms with Crippen molar-refractivity contribution in [1.29, 1.82) is 0 Å². The zero-order valence-corrected chi connectivity index (χ0v) is 10.0. The van der Waals surface area contributed by atoms with Crippen LogP contribution in [-0.4, -0.2) is 45.3 Å². The summed E-state index contributed by atoms with van der Waals surface area (Å²) in [6, 6.07) is 0.119. The summed E-state index contributed by atoms with van der Waals surface area (Å²) in [5, 5.41) is 15.4. The smallest absolute Gasteiger partial charge is 0.257 e. The van der Waals surface area contributed by atoms with Gasteiger partial charge in [0.05, 0.1) is 11.8 Å². The second kappa shape index (κ2) is 5.65. The lowest BCUT2D eigenvalue weighted by Gasteiger charge is -2.26. The minimum absolute atomic E-state index is 0.0327. The van der Waals surface area contributed by atoms with E-state index in [2.05, 4.69) is 10.2 Å². The summed E-state index contributed by atoms with van der Waals surface area (Å²) in [5.74, 6) is -0.0327. The number of aromatic nitrogens is 2. The summed E-state index contributed by atoms with van der Waals surface area (Å²) in [6.45, 7) is 6.42. The molecule has 1 heterocycles. The van der Waals surface area contributed by atoms with E-state index in [0.717, 1.165) is 5.69 Å². The lowest BCUT2D eigenvalue weighted by Crippen LogP contribution is -2.38. The maximum absolute atomic E-state index is 12.2. The predicted molar refractivity (Wildman–Crippen MR) is 61.2 cm³/mol. The van der Waals surface area contributed by atoms with Crippen LogP contribution < -0.4 is 0 Å². The van der Waals surface area contributed by atoms with E-state index in [-0.39, 0.29) is 18.6 Å². The van der Waals surface area contributed by atoms with Crippen molar-refractivity contribution in [3.63, 3.8) is 0 Å². The molecule has 0 aliphatic rings. The quantitative estimate of drug-likeness (QED) is 0.784. The van der Waals surface area contributed by atoms with E-state index in [0.29, 0.717) is 18.5 Å². The maximum Gasteiger partial charge on any atom is 0.257 e. The fourth-order valence-electron chi connectivity index (χ4n) is 1.56. The molecule has 5 nitrogen and oxygen atoms in total. The number of nitrogens with one attached hydrogen (secondary N) is 1. The van der Waals surface area contributed by atoms with Gasteiger partial charge in [-0.15, -0.1) is 0 Å². The van der Waals surface area contributed by atoms with Crippen molar-refractivity contribution in [3.05, 3.63) is 17.5 Å². The monoisotopic (exact) mass is 225 g/mol. The highest BCUT2D eigenvalue weighted by Crippen LogP contribution is 2.10. The van der Waals surface area contributed by atoms with Crippen molar-refractivity contribution in [2.45, 2.75) is 33.2 Å². The summed E-state index contributed by atoms with van der Waals surface area (Å²) in [5.41, 5.74) is 1.38. The van der Waals surface area contributed by atoms with E-state index in [9.17, 15) is 4.79 Å². The highest BCUT2D eigenvalue weighted by atomic mass is 16.3. The standard InChI is InChI=1S/C11H19N3O2/c1-8(2)14(5-4-6-15)11(16)10-7-12-13-9(10)3/h7-8,15H,4-6H2,1-3H3,(H,12,13). The lowest BCUT2D eigenvalue weighted by molar-refractivity contribution is 0.0692. The van der Waals surface area contributed by atoms with Crippen molar-refractivity contribution < 1.29 is 9.90 Å². The molecule has 1 aromatic heterocycles. The SMILES string of the molecule is Cc1[nH]ncc1C(=O)N(CCCO)C(C)C. The molecule has 5 heteroatoms. The minimum atomic E-state index is -0.0327. The number of H-pyrrole nitrogens is 1. The fraction of sp³-hybridized carbons (Fsp3) is 0.636. The highest BCUT2D eigenvalue weighted by molar-refractivity contribution is 5.95. The molecular formula is C11H19N3O2. The predicted octanol–water partition coefficient (Wildman–Crippen LogP) is 0.951. The van der Waals surface area contributed by atoms with Crippen molar-refractivity contribution in [3.8, 4) is 0 Å². The highest BCUT2D eigenvalue weighted by Gasteiger charge is 2.20. The van der Waals surface area contributed by atoms with Gasteiger partial charge in [-0.25, -0.2) is 0 Å². The molecule has 0 bridgehead atoms. The number of nitrogens with zero attached hydrogens (tertiary/aromatic N) is 2. The molecule has 0 saturated carbocycles. The van der Waals surface area contributed by atoms with Crippen molar-refractivity contribution in [2.75, 3.05) is 13.2 Å². The van der Waals surface area contributed by atoms with Crippen LogP contribution >= 0.6 is 0 Å². The van der Waals surface area contributed by atoms with Crippen LogP contribution in [0, 0.1) is 6.92 Å². The molecule has 0 unspecified atom stereocenters. The molecular weight excluding hydrogens is 206 g/mol. The second-order valence-electron chi connectivity index (χ2n) is 4.08. The van der Waals surface area contributed by atoms with Gasteiger partial charge in [0, 0.05) is 24.9 Å². The summed E-state index contributed by atoms with van der Waals surface area (Å²) < 4.78 is 0. The number of carbonyl (C=O) groups excluding carboxylic acids is 1. The fourth-order valence-corrected chi connectivity index (χ4v) is 1.56. The Bertz CT molecular complexity index is 347. The van der Waals surface area contributed by atoms with Crippen LogP contribution in [0.3, 0.4) is 0 Å². The van der Waals surface area contributed by atoms with Crippen LogP contribution in [0.2, 0.25) is 0 Å². The van der Waals surface area contributed by atoms with Crippen LogP contribution in [-0.2, 0) is 0 Å². The number of rotatable bonds is 5. The van der Waals surface area contributed by atoms with Crippen LogP contribution in [0.25, 0.3) is 0 Å². The van der Waals surface area contributed by atoms with E-state index >= 15 is 0 Å². The molecule has 16 heavy (non-hydrogen) atoms. The molecule has 0 atom stereocenters. The third-order valence-electron chi connectivity index (χ3n) is 2.50. The molecule has 2 N–H and O–H groups in total. The Kier molecular flexibility index (Phi) is 4.49. The van der Waals surface area contributed by atoms with Gasteiger partial charge in [-0.3, -0.25) is 9.89 Å².